The summed E-state index contributed by atoms with van der Waals surface area (Å²) in [5.41, 5.74) is 4.60. The van der Waals surface area contributed by atoms with E-state index in [-0.39, 0.29) is 0 Å². The number of hydrogen-bond donors (Lipinski definition) is 0. The Labute approximate surface area is 107 Å². The van der Waals surface area contributed by atoms with Gasteiger partial charge in [0.1, 0.15) is 5.52 Å². The third-order valence-corrected chi connectivity index (χ3v) is 3.23. The van der Waals surface area contributed by atoms with E-state index in [9.17, 15) is 0 Å². The van der Waals surface area contributed by atoms with E-state index in [1.807, 2.05) is 17.8 Å². The zero-order chi connectivity index (χ0) is 12.5. The van der Waals surface area contributed by atoms with E-state index in [2.05, 4.69) is 60.6 Å². The second-order valence-corrected chi connectivity index (χ2v) is 4.53. The molecule has 0 amide bonds. The first-order valence-corrected chi connectivity index (χ1v) is 6.08. The predicted molar refractivity (Wildman–Crippen MR) is 73.1 cm³/mol. The molecule has 2 aromatic carbocycles. The van der Waals surface area contributed by atoms with Gasteiger partial charge in [0.15, 0.2) is 7.05 Å². The smallest absolute Gasteiger partial charge is 0.0858 e. The number of nitrogens with zero attached hydrogens (tertiary/aromatic N) is 2. The Kier molecular flexibility index (Phi) is 2.56. The Morgan fingerprint density at radius 1 is 0.944 bits per heavy atom. The van der Waals surface area contributed by atoms with Gasteiger partial charge >= 0.3 is 0 Å². The summed E-state index contributed by atoms with van der Waals surface area (Å²) in [5.74, 6) is 0. The molecule has 0 N–H and O–H groups in total. The summed E-state index contributed by atoms with van der Waals surface area (Å²) in [6.07, 6.45) is 0. The minimum atomic E-state index is 1.07. The predicted octanol–water partition coefficient (Wildman–Crippen LogP) is 3.03. The van der Waals surface area contributed by atoms with Gasteiger partial charge in [-0.2, -0.15) is 0 Å². The molecule has 3 rings (SSSR count). The lowest BCUT2D eigenvalue weighted by Crippen LogP contribution is -2.35. The highest BCUT2D eigenvalue weighted by Crippen LogP contribution is 2.20. The molecule has 0 saturated carbocycles. The third-order valence-electron chi connectivity index (χ3n) is 3.23. The van der Waals surface area contributed by atoms with E-state index in [1.54, 1.807) is 0 Å². The average molecular weight is 235 g/mol. The maximum atomic E-state index is 4.67. The number of fused-ring (bicyclic) bond motifs is 1. The molecular weight excluding hydrogens is 220 g/mol. The number of benzene rings is 2. The van der Waals surface area contributed by atoms with Crippen LogP contribution in [0.3, 0.4) is 0 Å². The van der Waals surface area contributed by atoms with Gasteiger partial charge in [-0.25, -0.2) is 0 Å². The Morgan fingerprint density at radius 3 is 2.50 bits per heavy atom. The molecule has 0 saturated heterocycles. The molecule has 0 unspecified atom stereocenters. The lowest BCUT2D eigenvalue weighted by atomic mass is 10.1. The van der Waals surface area contributed by atoms with Crippen molar-refractivity contribution in [1.82, 2.24) is 5.10 Å². The highest BCUT2D eigenvalue weighted by Gasteiger charge is 2.13. The first-order chi connectivity index (χ1) is 8.75. The van der Waals surface area contributed by atoms with Crippen LogP contribution in [0.5, 0.6) is 0 Å². The molecule has 0 aliphatic rings. The summed E-state index contributed by atoms with van der Waals surface area (Å²) in [7, 11) is 1.99. The van der Waals surface area contributed by atoms with Crippen molar-refractivity contribution in [2.24, 2.45) is 7.05 Å². The van der Waals surface area contributed by atoms with E-state index >= 15 is 0 Å². The van der Waals surface area contributed by atoms with Gasteiger partial charge in [0, 0.05) is 22.1 Å². The maximum absolute atomic E-state index is 4.67. The van der Waals surface area contributed by atoms with Crippen molar-refractivity contribution < 1.29 is 4.68 Å². The molecule has 1 aromatic heterocycles. The largest absolute Gasteiger partial charge is 0.239 e. The molecule has 2 nitrogen and oxygen atoms in total. The van der Waals surface area contributed by atoms with Gasteiger partial charge in [0.05, 0.1) is 0 Å². The second kappa shape index (κ2) is 4.22. The molecule has 0 atom stereocenters. The second-order valence-electron chi connectivity index (χ2n) is 4.53. The van der Waals surface area contributed by atoms with Crippen molar-refractivity contribution in [2.75, 3.05) is 0 Å². The van der Waals surface area contributed by atoms with Crippen LogP contribution in [0.2, 0.25) is 0 Å². The standard InChI is InChI=1S/C16H15N2/c1-12-7-6-10-14-11-15(18(2)17-16(12)14)13-8-4-3-5-9-13/h3-11H,1-2H3/q+1. The van der Waals surface area contributed by atoms with Gasteiger partial charge in [-0.3, -0.25) is 0 Å². The summed E-state index contributed by atoms with van der Waals surface area (Å²) in [5, 5.41) is 5.86. The Hall–Kier alpha value is -2.22. The monoisotopic (exact) mass is 235 g/mol. The SMILES string of the molecule is Cc1cccc2cc(-c3ccccc3)[n+](C)nc12. The molecule has 1 heterocycles. The van der Waals surface area contributed by atoms with E-state index in [0.717, 1.165) is 11.2 Å². The van der Waals surface area contributed by atoms with Gasteiger partial charge in [0.25, 0.3) is 0 Å². The van der Waals surface area contributed by atoms with Crippen LogP contribution in [0.15, 0.2) is 54.6 Å². The number of hydrogen-bond acceptors (Lipinski definition) is 1. The van der Waals surface area contributed by atoms with Crippen molar-refractivity contribution in [1.29, 1.82) is 0 Å². The van der Waals surface area contributed by atoms with Gasteiger partial charge in [0.2, 0.25) is 5.69 Å². The minimum absolute atomic E-state index is 1.07. The minimum Gasteiger partial charge on any atom is -0.0858 e. The van der Waals surface area contributed by atoms with Gasteiger partial charge in [-0.05, 0) is 24.6 Å². The van der Waals surface area contributed by atoms with Crippen LogP contribution < -0.4 is 4.68 Å². The Morgan fingerprint density at radius 2 is 1.72 bits per heavy atom. The molecular formula is C16H15N2+. The lowest BCUT2D eigenvalue weighted by Gasteiger charge is -2.02. The van der Waals surface area contributed by atoms with Crippen molar-refractivity contribution in [2.45, 2.75) is 6.92 Å². The molecule has 0 fully saturated rings. The summed E-state index contributed by atoms with van der Waals surface area (Å²) in [6.45, 7) is 2.09. The summed E-state index contributed by atoms with van der Waals surface area (Å²) < 4.78 is 1.95. The van der Waals surface area contributed by atoms with Crippen LogP contribution in [0, 0.1) is 6.92 Å². The molecule has 0 bridgehead atoms. The summed E-state index contributed by atoms with van der Waals surface area (Å²) in [4.78, 5) is 0. The highest BCUT2D eigenvalue weighted by atomic mass is 15.2. The Balaban J connectivity index is 2.29. The fraction of sp³-hybridized carbons (Fsp3) is 0.125. The van der Waals surface area contributed by atoms with Crippen LogP contribution in [-0.2, 0) is 7.05 Å². The van der Waals surface area contributed by atoms with Crippen LogP contribution in [0.1, 0.15) is 5.56 Å². The van der Waals surface area contributed by atoms with Crippen molar-refractivity contribution in [3.63, 3.8) is 0 Å². The van der Waals surface area contributed by atoms with Crippen molar-refractivity contribution in [3.8, 4) is 11.3 Å². The van der Waals surface area contributed by atoms with E-state index in [1.165, 1.54) is 16.5 Å². The van der Waals surface area contributed by atoms with Crippen LogP contribution in [-0.4, -0.2) is 5.10 Å². The number of rotatable bonds is 1. The van der Waals surface area contributed by atoms with E-state index in [0.29, 0.717) is 0 Å². The van der Waals surface area contributed by atoms with Gasteiger partial charge in [-0.1, -0.05) is 41.1 Å². The van der Waals surface area contributed by atoms with Crippen LogP contribution in [0.4, 0.5) is 0 Å². The van der Waals surface area contributed by atoms with Gasteiger partial charge in [-0.15, -0.1) is 0 Å². The van der Waals surface area contributed by atoms with Gasteiger partial charge < -0.3 is 0 Å². The first-order valence-electron chi connectivity index (χ1n) is 6.08. The average Bonchev–Trinajstić information content (AvgIpc) is 2.40. The molecule has 0 radical (unpaired) electrons. The topological polar surface area (TPSA) is 16.8 Å². The van der Waals surface area contributed by atoms with Crippen molar-refractivity contribution >= 4 is 10.9 Å². The lowest BCUT2D eigenvalue weighted by molar-refractivity contribution is -0.718. The number of aryl methyl sites for hydroxylation is 2. The molecule has 88 valence electrons. The van der Waals surface area contributed by atoms with Crippen molar-refractivity contribution in [3.05, 3.63) is 60.2 Å². The Bertz CT molecular complexity index is 703. The first kappa shape index (κ1) is 10.9. The molecule has 2 heteroatoms. The zero-order valence-electron chi connectivity index (χ0n) is 10.6. The normalized spacial score (nSPS) is 10.8. The molecule has 0 aliphatic carbocycles. The van der Waals surface area contributed by atoms with Crippen LogP contribution >= 0.6 is 0 Å². The van der Waals surface area contributed by atoms with Crippen LogP contribution in [0.25, 0.3) is 22.2 Å². The molecule has 3 aromatic rings. The summed E-state index contributed by atoms with van der Waals surface area (Å²) in [6, 6.07) is 18.8. The zero-order valence-corrected chi connectivity index (χ0v) is 10.6. The fourth-order valence-electron chi connectivity index (χ4n) is 2.26. The molecule has 0 aliphatic heterocycles. The van der Waals surface area contributed by atoms with E-state index < -0.39 is 0 Å². The third kappa shape index (κ3) is 1.76. The summed E-state index contributed by atoms with van der Waals surface area (Å²) >= 11 is 0. The number of aromatic nitrogens is 2. The quantitative estimate of drug-likeness (QED) is 0.592. The fourth-order valence-corrected chi connectivity index (χ4v) is 2.26. The van der Waals surface area contributed by atoms with E-state index in [4.69, 9.17) is 0 Å². The molecule has 0 spiro atoms. The molecule has 18 heavy (non-hydrogen) atoms. The maximum Gasteiger partial charge on any atom is 0.239 e. The highest BCUT2D eigenvalue weighted by molar-refractivity contribution is 5.83.